The molecule has 0 saturated carbocycles. The molecule has 5 heteroatoms. The molecule has 150 valence electrons. The smallest absolute Gasteiger partial charge is 0.254 e. The Balaban J connectivity index is 1.65. The van der Waals surface area contributed by atoms with E-state index in [1.165, 1.54) is 12.1 Å². The van der Waals surface area contributed by atoms with Crippen LogP contribution in [0.4, 0.5) is 5.69 Å². The Morgan fingerprint density at radius 2 is 1.89 bits per heavy atom. The van der Waals surface area contributed by atoms with Crippen molar-refractivity contribution in [3.8, 4) is 0 Å². The van der Waals surface area contributed by atoms with Crippen molar-refractivity contribution < 1.29 is 9.53 Å². The zero-order chi connectivity index (χ0) is 19.4. The van der Waals surface area contributed by atoms with E-state index in [-0.39, 0.29) is 10.7 Å². The Labute approximate surface area is 168 Å². The number of anilines is 1. The molecule has 1 amide bonds. The lowest BCUT2D eigenvalue weighted by Gasteiger charge is -2.37. The number of ether oxygens (including phenoxy) is 1. The molecular formula is C22H34N2O2S. The van der Waals surface area contributed by atoms with E-state index in [0.29, 0.717) is 12.1 Å². The molecule has 2 aliphatic heterocycles. The van der Waals surface area contributed by atoms with Gasteiger partial charge in [-0.05, 0) is 49.9 Å². The number of hydrogen-bond donors (Lipinski definition) is 0. The fourth-order valence-corrected chi connectivity index (χ4v) is 4.96. The lowest BCUT2D eigenvalue weighted by molar-refractivity contribution is 0.0640. The van der Waals surface area contributed by atoms with Crippen LogP contribution < -0.4 is 4.90 Å². The number of piperidine rings is 1. The minimum atomic E-state index is 0.192. The third-order valence-electron chi connectivity index (χ3n) is 5.55. The fourth-order valence-electron chi connectivity index (χ4n) is 3.92. The number of thioether (sulfide) groups is 1. The summed E-state index contributed by atoms with van der Waals surface area (Å²) in [5.74, 6) is 1.22. The molecule has 0 N–H and O–H groups in total. The summed E-state index contributed by atoms with van der Waals surface area (Å²) < 4.78 is 5.70. The zero-order valence-electron chi connectivity index (χ0n) is 17.2. The van der Waals surface area contributed by atoms with Gasteiger partial charge < -0.3 is 14.5 Å². The first-order valence-electron chi connectivity index (χ1n) is 10.2. The van der Waals surface area contributed by atoms with Crippen molar-refractivity contribution in [3.05, 3.63) is 29.8 Å². The van der Waals surface area contributed by atoms with E-state index in [1.54, 1.807) is 7.11 Å². The third-order valence-corrected chi connectivity index (χ3v) is 6.97. The normalized spacial score (nSPS) is 23.7. The van der Waals surface area contributed by atoms with E-state index < -0.39 is 0 Å². The lowest BCUT2D eigenvalue weighted by Crippen LogP contribution is -2.45. The third kappa shape index (κ3) is 5.41. The summed E-state index contributed by atoms with van der Waals surface area (Å²) in [7, 11) is 1.78. The van der Waals surface area contributed by atoms with Crippen LogP contribution in [-0.4, -0.2) is 60.2 Å². The summed E-state index contributed by atoms with van der Waals surface area (Å²) in [5.41, 5.74) is 2.00. The van der Waals surface area contributed by atoms with Crippen LogP contribution in [0.1, 0.15) is 56.8 Å². The van der Waals surface area contributed by atoms with Crippen LogP contribution in [0.5, 0.6) is 0 Å². The second-order valence-electron chi connectivity index (χ2n) is 8.71. The molecule has 4 nitrogen and oxygen atoms in total. The maximum Gasteiger partial charge on any atom is 0.254 e. The van der Waals surface area contributed by atoms with Gasteiger partial charge in [0.2, 0.25) is 0 Å². The highest BCUT2D eigenvalue weighted by atomic mass is 32.2. The zero-order valence-corrected chi connectivity index (χ0v) is 18.1. The first-order chi connectivity index (χ1) is 12.9. The number of rotatable bonds is 5. The minimum Gasteiger partial charge on any atom is -0.380 e. The van der Waals surface area contributed by atoms with Gasteiger partial charge in [0.25, 0.3) is 5.91 Å². The van der Waals surface area contributed by atoms with Gasteiger partial charge >= 0.3 is 0 Å². The van der Waals surface area contributed by atoms with Gasteiger partial charge in [-0.3, -0.25) is 4.79 Å². The topological polar surface area (TPSA) is 32.8 Å². The quantitative estimate of drug-likeness (QED) is 0.744. The van der Waals surface area contributed by atoms with Crippen LogP contribution in [0.3, 0.4) is 0 Å². The van der Waals surface area contributed by atoms with Crippen molar-refractivity contribution in [3.63, 3.8) is 0 Å². The molecule has 1 aromatic carbocycles. The van der Waals surface area contributed by atoms with Gasteiger partial charge in [0.15, 0.2) is 0 Å². The van der Waals surface area contributed by atoms with E-state index in [4.69, 9.17) is 4.74 Å². The molecule has 2 aliphatic rings. The van der Waals surface area contributed by atoms with Gasteiger partial charge in [0, 0.05) is 54.5 Å². The van der Waals surface area contributed by atoms with Crippen LogP contribution in [0.25, 0.3) is 0 Å². The highest BCUT2D eigenvalue weighted by molar-refractivity contribution is 8.00. The number of carbonyl (C=O) groups is 1. The second kappa shape index (κ2) is 8.87. The average Bonchev–Trinajstić information content (AvgIpc) is 3.15. The van der Waals surface area contributed by atoms with Crippen molar-refractivity contribution in [1.82, 2.24) is 4.90 Å². The summed E-state index contributed by atoms with van der Waals surface area (Å²) in [5, 5.41) is 0. The Kier molecular flexibility index (Phi) is 6.74. The number of likely N-dealkylation sites (tertiary alicyclic amines) is 1. The van der Waals surface area contributed by atoms with Crippen molar-refractivity contribution in [2.75, 3.05) is 37.4 Å². The second-order valence-corrected chi connectivity index (χ2v) is 10.6. The molecule has 2 saturated heterocycles. The average molecular weight is 391 g/mol. The lowest BCUT2D eigenvalue weighted by atomic mass is 10.0. The van der Waals surface area contributed by atoms with Gasteiger partial charge in [-0.1, -0.05) is 20.8 Å². The van der Waals surface area contributed by atoms with Gasteiger partial charge in [-0.15, -0.1) is 0 Å². The molecule has 0 bridgehead atoms. The summed E-state index contributed by atoms with van der Waals surface area (Å²) in [6, 6.07) is 8.54. The minimum absolute atomic E-state index is 0.192. The van der Waals surface area contributed by atoms with Crippen molar-refractivity contribution in [2.24, 2.45) is 0 Å². The number of hydrogen-bond acceptors (Lipinski definition) is 4. The number of carbonyl (C=O) groups excluding carboxylic acids is 1. The van der Waals surface area contributed by atoms with E-state index >= 15 is 0 Å². The van der Waals surface area contributed by atoms with Gasteiger partial charge in [0.05, 0.1) is 6.10 Å². The van der Waals surface area contributed by atoms with Crippen LogP contribution in [0.2, 0.25) is 0 Å². The first-order valence-corrected chi connectivity index (χ1v) is 11.2. The van der Waals surface area contributed by atoms with E-state index in [2.05, 4.69) is 42.7 Å². The Hall–Kier alpha value is -1.20. The molecule has 0 spiro atoms. The molecule has 27 heavy (non-hydrogen) atoms. The predicted octanol–water partition coefficient (Wildman–Crippen LogP) is 4.44. The summed E-state index contributed by atoms with van der Waals surface area (Å²) in [6.07, 6.45) is 4.86. The summed E-state index contributed by atoms with van der Waals surface area (Å²) >= 11 is 1.97. The molecule has 2 atom stereocenters. The Morgan fingerprint density at radius 1 is 1.15 bits per heavy atom. The van der Waals surface area contributed by atoms with E-state index in [0.717, 1.165) is 50.2 Å². The fraction of sp³-hybridized carbons (Fsp3) is 0.682. The molecule has 0 unspecified atom stereocenters. The highest BCUT2D eigenvalue weighted by Gasteiger charge is 2.29. The van der Waals surface area contributed by atoms with Gasteiger partial charge in [-0.2, -0.15) is 11.8 Å². The standard InChI is InChI=1S/C22H34N2O2S/c1-22(2,3)27-16-19-7-5-6-13-24(19)21(25)17-8-10-18(11-9-17)23-14-12-20(15-23)26-4/h8-11,19-20H,5-7,12-16H2,1-4H3/t19-,20+/m1/s1. The highest BCUT2D eigenvalue weighted by Crippen LogP contribution is 2.30. The molecule has 1 aromatic rings. The Morgan fingerprint density at radius 3 is 2.52 bits per heavy atom. The number of amides is 1. The molecule has 0 aliphatic carbocycles. The van der Waals surface area contributed by atoms with Gasteiger partial charge in [0.1, 0.15) is 0 Å². The maximum atomic E-state index is 13.1. The Bertz CT molecular complexity index is 626. The molecule has 0 aromatic heterocycles. The van der Waals surface area contributed by atoms with Crippen molar-refractivity contribution in [1.29, 1.82) is 0 Å². The van der Waals surface area contributed by atoms with Crippen molar-refractivity contribution in [2.45, 2.75) is 63.3 Å². The number of methoxy groups -OCH3 is 1. The molecule has 0 radical (unpaired) electrons. The molecule has 3 rings (SSSR count). The van der Waals surface area contributed by atoms with Crippen LogP contribution in [-0.2, 0) is 4.74 Å². The van der Waals surface area contributed by atoms with Crippen LogP contribution >= 0.6 is 11.8 Å². The molecule has 2 fully saturated rings. The van der Waals surface area contributed by atoms with Crippen LogP contribution in [0.15, 0.2) is 24.3 Å². The predicted molar refractivity (Wildman–Crippen MR) is 115 cm³/mol. The van der Waals surface area contributed by atoms with Crippen molar-refractivity contribution >= 4 is 23.4 Å². The molecule has 2 heterocycles. The first kappa shape index (κ1) is 20.5. The van der Waals surface area contributed by atoms with Gasteiger partial charge in [-0.25, -0.2) is 0 Å². The van der Waals surface area contributed by atoms with E-state index in [9.17, 15) is 4.79 Å². The number of nitrogens with zero attached hydrogens (tertiary/aromatic N) is 2. The maximum absolute atomic E-state index is 13.1. The largest absolute Gasteiger partial charge is 0.380 e. The van der Waals surface area contributed by atoms with E-state index in [1.807, 2.05) is 23.9 Å². The SMILES string of the molecule is CO[C@H]1CCN(c2ccc(C(=O)N3CCCC[C@@H]3CSC(C)(C)C)cc2)C1. The van der Waals surface area contributed by atoms with Crippen LogP contribution in [0, 0.1) is 0 Å². The number of benzene rings is 1. The monoisotopic (exact) mass is 390 g/mol. The molecular weight excluding hydrogens is 356 g/mol. The summed E-state index contributed by atoms with van der Waals surface area (Å²) in [6.45, 7) is 9.58. The summed E-state index contributed by atoms with van der Waals surface area (Å²) in [4.78, 5) is 17.6.